The van der Waals surface area contributed by atoms with Crippen molar-refractivity contribution in [1.82, 2.24) is 15.5 Å². The number of rotatable bonds is 9. The Morgan fingerprint density at radius 2 is 1.65 bits per heavy atom. The minimum absolute atomic E-state index is 0.0533. The van der Waals surface area contributed by atoms with Crippen LogP contribution in [0.1, 0.15) is 44.9 Å². The Hall–Kier alpha value is -2.41. The fraction of sp³-hybridized carbons (Fsp3) is 0.526. The van der Waals surface area contributed by atoms with E-state index in [-0.39, 0.29) is 31.6 Å². The second-order valence-electron chi connectivity index (χ2n) is 5.96. The van der Waals surface area contributed by atoms with Crippen LogP contribution in [0.25, 0.3) is 0 Å². The number of carbonyl (C=O) groups excluding carboxylic acids is 3. The highest BCUT2D eigenvalue weighted by Gasteiger charge is 2.17. The predicted molar refractivity (Wildman–Crippen MR) is 99.7 cm³/mol. The van der Waals surface area contributed by atoms with Crippen LogP contribution in [-0.2, 0) is 20.7 Å². The molecule has 0 aromatic heterocycles. The number of carbonyl (C=O) groups is 3. The number of amides is 3. The van der Waals surface area contributed by atoms with Gasteiger partial charge in [-0.2, -0.15) is 0 Å². The summed E-state index contributed by atoms with van der Waals surface area (Å²) >= 11 is 0. The molecule has 0 spiro atoms. The molecule has 0 aliphatic rings. The van der Waals surface area contributed by atoms with Crippen LogP contribution in [0.3, 0.4) is 0 Å². The van der Waals surface area contributed by atoms with E-state index in [1.54, 1.807) is 11.8 Å². The minimum atomic E-state index is -0.776. The molecule has 0 heterocycles. The monoisotopic (exact) mass is 363 g/mol. The lowest BCUT2D eigenvalue weighted by Crippen LogP contribution is -2.44. The van der Waals surface area contributed by atoms with Gasteiger partial charge in [0.05, 0.1) is 25.7 Å². The van der Waals surface area contributed by atoms with Gasteiger partial charge in [-0.15, -0.1) is 0 Å². The number of benzene rings is 1. The first-order valence-electron chi connectivity index (χ1n) is 8.96. The van der Waals surface area contributed by atoms with Crippen LogP contribution in [0, 0.1) is 0 Å². The van der Waals surface area contributed by atoms with E-state index in [2.05, 4.69) is 34.4 Å². The highest BCUT2D eigenvalue weighted by Crippen LogP contribution is 2.13. The molecular weight excluding hydrogens is 334 g/mol. The second kappa shape index (κ2) is 11.3. The zero-order valence-corrected chi connectivity index (χ0v) is 16.0. The van der Waals surface area contributed by atoms with Crippen molar-refractivity contribution < 1.29 is 19.1 Å². The Morgan fingerprint density at radius 1 is 1.04 bits per heavy atom. The van der Waals surface area contributed by atoms with Crippen LogP contribution in [0.4, 0.5) is 4.79 Å². The van der Waals surface area contributed by atoms with E-state index in [4.69, 9.17) is 0 Å². The summed E-state index contributed by atoms with van der Waals surface area (Å²) in [6.07, 6.45) is 0.197. The van der Waals surface area contributed by atoms with Crippen molar-refractivity contribution in [2.75, 3.05) is 26.2 Å². The smallest absolute Gasteiger partial charge is 0.413 e. The molecule has 0 saturated heterocycles. The molecule has 7 nitrogen and oxygen atoms in total. The Kier molecular flexibility index (Phi) is 9.36. The Balaban J connectivity index is 2.49. The molecule has 3 amide bonds. The number of likely N-dealkylation sites (N-methyl/N-ethyl adjacent to an activating group) is 1. The zero-order valence-electron chi connectivity index (χ0n) is 16.0. The summed E-state index contributed by atoms with van der Waals surface area (Å²) < 4.78 is 4.66. The summed E-state index contributed by atoms with van der Waals surface area (Å²) in [7, 11) is 0. The van der Waals surface area contributed by atoms with Crippen molar-refractivity contribution in [3.63, 3.8) is 0 Å². The van der Waals surface area contributed by atoms with Gasteiger partial charge < -0.3 is 10.1 Å². The van der Waals surface area contributed by atoms with E-state index in [9.17, 15) is 14.4 Å². The maximum absolute atomic E-state index is 12.2. The fourth-order valence-electron chi connectivity index (χ4n) is 2.42. The van der Waals surface area contributed by atoms with Crippen molar-refractivity contribution in [1.29, 1.82) is 0 Å². The topological polar surface area (TPSA) is 87.7 Å². The Bertz CT molecular complexity index is 601. The molecule has 0 fully saturated rings. The SMILES string of the molecule is CCOC(=O)NC(=O)CN(CC)CC(=O)N[C@H](C)c1ccc(CC)cc1. The zero-order chi connectivity index (χ0) is 19.5. The number of alkyl carbamates (subject to hydrolysis) is 1. The molecular formula is C19H29N3O4. The van der Waals surface area contributed by atoms with Gasteiger partial charge in [-0.1, -0.05) is 38.1 Å². The van der Waals surface area contributed by atoms with E-state index in [0.717, 1.165) is 12.0 Å². The standard InChI is InChI=1S/C19H29N3O4/c1-5-15-8-10-16(11-9-15)14(4)20-17(23)12-22(6-2)13-18(24)21-19(25)26-7-3/h8-11,14H,5-7,12-13H2,1-4H3,(H,20,23)(H,21,24,25)/t14-/m1/s1. The molecule has 2 N–H and O–H groups in total. The minimum Gasteiger partial charge on any atom is -0.450 e. The molecule has 144 valence electrons. The quantitative estimate of drug-likeness (QED) is 0.701. The molecule has 7 heteroatoms. The van der Waals surface area contributed by atoms with E-state index in [0.29, 0.717) is 6.54 Å². The van der Waals surface area contributed by atoms with Gasteiger partial charge in [0.15, 0.2) is 0 Å². The predicted octanol–water partition coefficient (Wildman–Crippen LogP) is 2.02. The van der Waals surface area contributed by atoms with Gasteiger partial charge in [0, 0.05) is 0 Å². The molecule has 0 aliphatic heterocycles. The highest BCUT2D eigenvalue weighted by atomic mass is 16.5. The van der Waals surface area contributed by atoms with Crippen molar-refractivity contribution in [2.24, 2.45) is 0 Å². The summed E-state index contributed by atoms with van der Waals surface area (Å²) in [5.41, 5.74) is 2.27. The van der Waals surface area contributed by atoms with Crippen LogP contribution in [0.2, 0.25) is 0 Å². The molecule has 1 atom stereocenters. The van der Waals surface area contributed by atoms with E-state index < -0.39 is 12.0 Å². The lowest BCUT2D eigenvalue weighted by Gasteiger charge is -2.21. The van der Waals surface area contributed by atoms with Crippen LogP contribution in [-0.4, -0.2) is 49.0 Å². The van der Waals surface area contributed by atoms with Crippen molar-refractivity contribution in [2.45, 2.75) is 40.2 Å². The Labute approximate surface area is 155 Å². The van der Waals surface area contributed by atoms with Gasteiger partial charge in [0.25, 0.3) is 0 Å². The van der Waals surface area contributed by atoms with Gasteiger partial charge in [-0.05, 0) is 37.9 Å². The summed E-state index contributed by atoms with van der Waals surface area (Å²) in [6.45, 7) is 8.23. The fourth-order valence-corrected chi connectivity index (χ4v) is 2.42. The van der Waals surface area contributed by atoms with Crippen molar-refractivity contribution >= 4 is 17.9 Å². The molecule has 1 aromatic rings. The average Bonchev–Trinajstić information content (AvgIpc) is 2.61. The maximum Gasteiger partial charge on any atom is 0.413 e. The van der Waals surface area contributed by atoms with Crippen LogP contribution < -0.4 is 10.6 Å². The van der Waals surface area contributed by atoms with Crippen LogP contribution in [0.5, 0.6) is 0 Å². The average molecular weight is 363 g/mol. The Morgan fingerprint density at radius 3 is 2.19 bits per heavy atom. The maximum atomic E-state index is 12.2. The summed E-state index contributed by atoms with van der Waals surface area (Å²) in [5.74, 6) is -0.677. The van der Waals surface area contributed by atoms with Gasteiger partial charge in [-0.3, -0.25) is 19.8 Å². The second-order valence-corrected chi connectivity index (χ2v) is 5.96. The molecule has 0 aliphatic carbocycles. The molecule has 26 heavy (non-hydrogen) atoms. The third kappa shape index (κ3) is 7.65. The number of ether oxygens (including phenoxy) is 1. The van der Waals surface area contributed by atoms with Gasteiger partial charge in [0.1, 0.15) is 0 Å². The summed E-state index contributed by atoms with van der Waals surface area (Å²) in [6, 6.07) is 7.99. The number of hydrogen-bond donors (Lipinski definition) is 2. The first-order valence-corrected chi connectivity index (χ1v) is 8.96. The molecule has 0 saturated carbocycles. The number of hydrogen-bond acceptors (Lipinski definition) is 5. The largest absolute Gasteiger partial charge is 0.450 e. The van der Waals surface area contributed by atoms with Crippen molar-refractivity contribution in [3.8, 4) is 0 Å². The van der Waals surface area contributed by atoms with Crippen LogP contribution >= 0.6 is 0 Å². The normalized spacial score (nSPS) is 11.7. The van der Waals surface area contributed by atoms with E-state index >= 15 is 0 Å². The molecule has 0 bridgehead atoms. The van der Waals surface area contributed by atoms with Gasteiger partial charge in [0.2, 0.25) is 11.8 Å². The lowest BCUT2D eigenvalue weighted by atomic mass is 10.1. The number of nitrogens with zero attached hydrogens (tertiary/aromatic N) is 1. The molecule has 1 aromatic carbocycles. The number of imide groups is 1. The van der Waals surface area contributed by atoms with Gasteiger partial charge >= 0.3 is 6.09 Å². The van der Waals surface area contributed by atoms with Gasteiger partial charge in [-0.25, -0.2) is 4.79 Å². The summed E-state index contributed by atoms with van der Waals surface area (Å²) in [5, 5.41) is 5.05. The highest BCUT2D eigenvalue weighted by molar-refractivity contribution is 5.93. The van der Waals surface area contributed by atoms with E-state index in [1.807, 2.05) is 26.0 Å². The lowest BCUT2D eigenvalue weighted by molar-refractivity contribution is -0.125. The van der Waals surface area contributed by atoms with Crippen molar-refractivity contribution in [3.05, 3.63) is 35.4 Å². The molecule has 0 unspecified atom stereocenters. The first kappa shape index (κ1) is 21.6. The third-order valence-electron chi connectivity index (χ3n) is 3.96. The number of nitrogens with one attached hydrogen (secondary N) is 2. The van der Waals surface area contributed by atoms with Crippen LogP contribution in [0.15, 0.2) is 24.3 Å². The van der Waals surface area contributed by atoms with E-state index in [1.165, 1.54) is 5.56 Å². The summed E-state index contributed by atoms with van der Waals surface area (Å²) in [4.78, 5) is 36.9. The number of aryl methyl sites for hydroxylation is 1. The first-order chi connectivity index (χ1) is 12.4. The molecule has 0 radical (unpaired) electrons. The molecule has 1 rings (SSSR count). The third-order valence-corrected chi connectivity index (χ3v) is 3.96.